The Bertz CT molecular complexity index is 672. The Morgan fingerprint density at radius 1 is 1.37 bits per heavy atom. The maximum atomic E-state index is 12.0. The van der Waals surface area contributed by atoms with E-state index in [1.165, 1.54) is 0 Å². The molecule has 8 heteroatoms. The number of benzene rings is 1. The van der Waals surface area contributed by atoms with Crippen LogP contribution in [0.25, 0.3) is 0 Å². The zero-order valence-corrected chi connectivity index (χ0v) is 10.9. The molecule has 7 nitrogen and oxygen atoms in total. The number of aryl methyl sites for hydroxylation is 1. The number of nitrogens with zero attached hydrogens (tertiary/aromatic N) is 3. The van der Waals surface area contributed by atoms with E-state index in [4.69, 9.17) is 18.1 Å². The van der Waals surface area contributed by atoms with E-state index in [0.717, 1.165) is 4.68 Å². The highest BCUT2D eigenvalue weighted by atomic mass is 32.1. The lowest BCUT2D eigenvalue weighted by molar-refractivity contribution is 0.840. The van der Waals surface area contributed by atoms with Gasteiger partial charge in [0.05, 0.1) is 11.4 Å². The largest absolute Gasteiger partial charge is 0.301 e. The summed E-state index contributed by atoms with van der Waals surface area (Å²) in [7, 11) is 0. The number of nitrogens with two attached hydrogens (primary N) is 1. The van der Waals surface area contributed by atoms with Gasteiger partial charge >= 0.3 is 5.56 Å². The van der Waals surface area contributed by atoms with Crippen LogP contribution < -0.4 is 16.8 Å². The van der Waals surface area contributed by atoms with Gasteiger partial charge in [-0.05, 0) is 31.3 Å². The minimum atomic E-state index is -0.403. The van der Waals surface area contributed by atoms with Crippen molar-refractivity contribution < 1.29 is 0 Å². The molecule has 2 aromatic rings. The van der Waals surface area contributed by atoms with Crippen LogP contribution in [0.2, 0.25) is 0 Å². The molecule has 1 aromatic carbocycles. The quantitative estimate of drug-likeness (QED) is 0.335. The van der Waals surface area contributed by atoms with Crippen LogP contribution in [0, 0.1) is 6.92 Å². The van der Waals surface area contributed by atoms with E-state index in [-0.39, 0.29) is 10.8 Å². The van der Waals surface area contributed by atoms with Crippen LogP contribution in [0.3, 0.4) is 0 Å². The van der Waals surface area contributed by atoms with E-state index < -0.39 is 5.56 Å². The van der Waals surface area contributed by atoms with E-state index in [2.05, 4.69) is 20.8 Å². The van der Waals surface area contributed by atoms with Crippen molar-refractivity contribution in [3.63, 3.8) is 0 Å². The molecule has 19 heavy (non-hydrogen) atoms. The molecule has 0 aliphatic heterocycles. The minimum absolute atomic E-state index is 0.0641. The third-order valence-electron chi connectivity index (χ3n) is 2.39. The Kier molecular flexibility index (Phi) is 3.83. The van der Waals surface area contributed by atoms with Gasteiger partial charge in [-0.15, -0.1) is 5.11 Å². The zero-order chi connectivity index (χ0) is 13.8. The fourth-order valence-electron chi connectivity index (χ4n) is 1.47. The first-order valence-corrected chi connectivity index (χ1v) is 5.83. The smallest absolute Gasteiger partial charge is 0.299 e. The molecule has 0 unspecified atom stereocenters. The summed E-state index contributed by atoms with van der Waals surface area (Å²) in [6.07, 6.45) is 0. The number of hydrogen-bond donors (Lipinski definition) is 3. The molecule has 0 atom stereocenters. The van der Waals surface area contributed by atoms with E-state index in [1.807, 2.05) is 18.2 Å². The maximum absolute atomic E-state index is 12.0. The Morgan fingerprint density at radius 2 is 2.05 bits per heavy atom. The van der Waals surface area contributed by atoms with Gasteiger partial charge < -0.3 is 0 Å². The highest BCUT2D eigenvalue weighted by Crippen LogP contribution is 2.16. The number of aromatic amines is 1. The standard InChI is InChI=1S/C11H12N6OS/c1-7-9(10(18)17(16-7)11(19)13-12)15-14-8-5-3-2-4-6-8/h2-6,16H,12H2,1H3,(H,13,19). The number of azo groups is 1. The molecule has 98 valence electrons. The predicted molar refractivity (Wildman–Crippen MR) is 75.7 cm³/mol. The lowest BCUT2D eigenvalue weighted by Crippen LogP contribution is -2.39. The lowest BCUT2D eigenvalue weighted by atomic mass is 10.3. The van der Waals surface area contributed by atoms with Crippen LogP contribution in [0.4, 0.5) is 11.4 Å². The summed E-state index contributed by atoms with van der Waals surface area (Å²) in [5, 5.41) is 10.8. The van der Waals surface area contributed by atoms with Crippen LogP contribution in [0.5, 0.6) is 0 Å². The third kappa shape index (κ3) is 2.75. The molecule has 0 saturated heterocycles. The number of nitrogens with one attached hydrogen (secondary N) is 2. The van der Waals surface area contributed by atoms with E-state index in [1.54, 1.807) is 19.1 Å². The molecule has 0 spiro atoms. The number of aromatic nitrogens is 2. The van der Waals surface area contributed by atoms with Crippen molar-refractivity contribution in [2.45, 2.75) is 6.92 Å². The van der Waals surface area contributed by atoms with Crippen LogP contribution in [-0.2, 0) is 0 Å². The zero-order valence-electron chi connectivity index (χ0n) is 10.1. The maximum Gasteiger partial charge on any atom is 0.301 e. The average Bonchev–Trinajstić information content (AvgIpc) is 2.72. The lowest BCUT2D eigenvalue weighted by Gasteiger charge is -1.99. The van der Waals surface area contributed by atoms with Crippen LogP contribution in [0.1, 0.15) is 5.69 Å². The van der Waals surface area contributed by atoms with Gasteiger partial charge in [-0.1, -0.05) is 18.2 Å². The molecule has 0 radical (unpaired) electrons. The van der Waals surface area contributed by atoms with Crippen LogP contribution in [0.15, 0.2) is 45.4 Å². The van der Waals surface area contributed by atoms with E-state index in [0.29, 0.717) is 11.4 Å². The van der Waals surface area contributed by atoms with Crippen molar-refractivity contribution in [2.24, 2.45) is 16.1 Å². The van der Waals surface area contributed by atoms with Crippen LogP contribution >= 0.6 is 12.2 Å². The number of hydrazine groups is 1. The summed E-state index contributed by atoms with van der Waals surface area (Å²) in [4.78, 5) is 12.0. The summed E-state index contributed by atoms with van der Waals surface area (Å²) in [6, 6.07) is 9.12. The van der Waals surface area contributed by atoms with Crippen molar-refractivity contribution in [1.82, 2.24) is 15.2 Å². The first-order valence-electron chi connectivity index (χ1n) is 5.43. The molecule has 0 amide bonds. The molecule has 0 fully saturated rings. The first kappa shape index (κ1) is 13.1. The van der Waals surface area contributed by atoms with E-state index >= 15 is 0 Å². The monoisotopic (exact) mass is 276 g/mol. The van der Waals surface area contributed by atoms with Crippen molar-refractivity contribution in [3.8, 4) is 0 Å². The van der Waals surface area contributed by atoms with E-state index in [9.17, 15) is 4.79 Å². The first-order chi connectivity index (χ1) is 9.13. The summed E-state index contributed by atoms with van der Waals surface area (Å²) >= 11 is 4.88. The summed E-state index contributed by atoms with van der Waals surface area (Å²) in [5.74, 6) is 5.17. The second kappa shape index (κ2) is 5.55. The third-order valence-corrected chi connectivity index (χ3v) is 2.69. The minimum Gasteiger partial charge on any atom is -0.299 e. The van der Waals surface area contributed by atoms with Gasteiger partial charge in [-0.3, -0.25) is 15.3 Å². The summed E-state index contributed by atoms with van der Waals surface area (Å²) in [6.45, 7) is 1.70. The number of hydrogen-bond acceptors (Lipinski definition) is 5. The van der Waals surface area contributed by atoms with Crippen molar-refractivity contribution >= 4 is 28.7 Å². The Morgan fingerprint density at radius 3 is 2.68 bits per heavy atom. The highest BCUT2D eigenvalue weighted by Gasteiger charge is 2.12. The Balaban J connectivity index is 2.37. The van der Waals surface area contributed by atoms with Gasteiger partial charge in [0.25, 0.3) is 0 Å². The van der Waals surface area contributed by atoms with Gasteiger partial charge in [0.1, 0.15) is 0 Å². The molecular weight excluding hydrogens is 264 g/mol. The number of H-pyrrole nitrogens is 1. The van der Waals surface area contributed by atoms with Gasteiger partial charge in [0.15, 0.2) is 5.69 Å². The molecule has 1 heterocycles. The normalized spacial score (nSPS) is 10.8. The molecule has 0 bridgehead atoms. The molecule has 0 saturated carbocycles. The molecule has 0 aliphatic carbocycles. The molecule has 2 rings (SSSR count). The second-order valence-corrected chi connectivity index (χ2v) is 4.10. The van der Waals surface area contributed by atoms with Gasteiger partial charge in [0, 0.05) is 0 Å². The summed E-state index contributed by atoms with van der Waals surface area (Å²) < 4.78 is 1.10. The van der Waals surface area contributed by atoms with Gasteiger partial charge in [0.2, 0.25) is 5.11 Å². The highest BCUT2D eigenvalue weighted by molar-refractivity contribution is 7.80. The predicted octanol–water partition coefficient (Wildman–Crippen LogP) is 1.50. The SMILES string of the molecule is Cc1[nH]n(C(=S)NN)c(=O)c1N=Nc1ccccc1. The van der Waals surface area contributed by atoms with Crippen molar-refractivity contribution in [2.75, 3.05) is 0 Å². The number of rotatable bonds is 2. The Labute approximate surface area is 114 Å². The van der Waals surface area contributed by atoms with Crippen molar-refractivity contribution in [3.05, 3.63) is 46.4 Å². The van der Waals surface area contributed by atoms with Crippen LogP contribution in [-0.4, -0.2) is 14.9 Å². The van der Waals surface area contributed by atoms with Gasteiger partial charge in [-0.2, -0.15) is 9.80 Å². The molecule has 4 N–H and O–H groups in total. The fourth-order valence-corrected chi connectivity index (χ4v) is 1.59. The topological polar surface area (TPSA) is 101 Å². The number of thiocarbonyl (C=S) groups is 1. The molecule has 1 aromatic heterocycles. The van der Waals surface area contributed by atoms with Crippen molar-refractivity contribution in [1.29, 1.82) is 0 Å². The second-order valence-electron chi connectivity index (χ2n) is 3.71. The summed E-state index contributed by atoms with van der Waals surface area (Å²) in [5.41, 5.74) is 3.24. The van der Waals surface area contributed by atoms with Gasteiger partial charge in [-0.25, -0.2) is 5.84 Å². The molecule has 0 aliphatic rings. The Hall–Kier alpha value is -2.32. The fraction of sp³-hybridized carbons (Fsp3) is 0.0909. The molecular formula is C11H12N6OS. The average molecular weight is 276 g/mol.